The Morgan fingerprint density at radius 3 is 2.62 bits per heavy atom. The summed E-state index contributed by atoms with van der Waals surface area (Å²) < 4.78 is 55.8. The van der Waals surface area contributed by atoms with Crippen molar-refractivity contribution < 1.29 is 27.4 Å². The van der Waals surface area contributed by atoms with Crippen molar-refractivity contribution >= 4 is 11.8 Å². The molecule has 42 heavy (non-hydrogen) atoms. The number of hydrogen-bond acceptors (Lipinski definition) is 7. The average Bonchev–Trinajstić information content (AvgIpc) is 3.32. The molecule has 5 rings (SSSR count). The fraction of sp³-hybridized carbons (Fsp3) is 0.533. The van der Waals surface area contributed by atoms with Gasteiger partial charge in [-0.05, 0) is 69.4 Å². The molecule has 0 bridgehead atoms. The predicted molar refractivity (Wildman–Crippen MR) is 150 cm³/mol. The Morgan fingerprint density at radius 2 is 1.98 bits per heavy atom. The van der Waals surface area contributed by atoms with Crippen molar-refractivity contribution in [2.24, 2.45) is 7.05 Å². The number of aromatic nitrogens is 4. The van der Waals surface area contributed by atoms with Crippen LogP contribution in [0.5, 0.6) is 0 Å². The predicted octanol–water partition coefficient (Wildman–Crippen LogP) is 5.81. The lowest BCUT2D eigenvalue weighted by atomic mass is 9.75. The maximum absolute atomic E-state index is 14.3. The fourth-order valence-electron chi connectivity index (χ4n) is 5.53. The van der Waals surface area contributed by atoms with Gasteiger partial charge in [-0.25, -0.2) is 4.79 Å². The first kappa shape index (κ1) is 29.8. The van der Waals surface area contributed by atoms with Crippen molar-refractivity contribution in [3.05, 3.63) is 71.1 Å². The highest BCUT2D eigenvalue weighted by molar-refractivity contribution is 5.69. The number of alkyl halides is 3. The summed E-state index contributed by atoms with van der Waals surface area (Å²) in [5.74, 6) is 0.832. The summed E-state index contributed by atoms with van der Waals surface area (Å²) >= 11 is 0. The molecule has 0 saturated carbocycles. The lowest BCUT2D eigenvalue weighted by Crippen LogP contribution is -2.49. The number of amides is 1. The second-order valence-corrected chi connectivity index (χ2v) is 12.2. The molecule has 2 aliphatic heterocycles. The highest BCUT2D eigenvalue weighted by Crippen LogP contribution is 2.39. The van der Waals surface area contributed by atoms with E-state index < -0.39 is 29.5 Å². The molecule has 226 valence electrons. The summed E-state index contributed by atoms with van der Waals surface area (Å²) in [5, 5.41) is 11.3. The summed E-state index contributed by atoms with van der Waals surface area (Å²) in [6.45, 7) is 6.64. The quantitative estimate of drug-likeness (QED) is 0.373. The zero-order chi connectivity index (χ0) is 30.1. The van der Waals surface area contributed by atoms with Gasteiger partial charge >= 0.3 is 12.3 Å². The lowest BCUT2D eigenvalue weighted by Gasteiger charge is -2.41. The largest absolute Gasteiger partial charge is 0.444 e. The number of benzene rings is 1. The molecule has 1 atom stereocenters. The van der Waals surface area contributed by atoms with Crippen LogP contribution in [0.25, 0.3) is 0 Å². The SMILES string of the molecule is Cn1cnnc1CC1(c2cccc(NCc3ncc(C4CCCCN4C(=O)OC(C)(C)C)cc3C(F)(F)F)c2)COC1. The van der Waals surface area contributed by atoms with Crippen molar-refractivity contribution in [3.8, 4) is 0 Å². The molecule has 2 aliphatic rings. The van der Waals surface area contributed by atoms with Gasteiger partial charge in [0.15, 0.2) is 0 Å². The normalized spacial score (nSPS) is 18.8. The number of rotatable bonds is 7. The van der Waals surface area contributed by atoms with Gasteiger partial charge in [-0.1, -0.05) is 12.1 Å². The van der Waals surface area contributed by atoms with Crippen LogP contribution in [0, 0.1) is 0 Å². The molecule has 1 N–H and O–H groups in total. The van der Waals surface area contributed by atoms with E-state index >= 15 is 0 Å². The van der Waals surface area contributed by atoms with Gasteiger partial charge in [0.25, 0.3) is 0 Å². The number of carbonyl (C=O) groups excluding carboxylic acids is 1. The molecule has 0 radical (unpaired) electrons. The number of pyridine rings is 1. The minimum absolute atomic E-state index is 0.114. The molecule has 0 aliphatic carbocycles. The van der Waals surface area contributed by atoms with Gasteiger partial charge < -0.3 is 24.3 Å². The summed E-state index contributed by atoms with van der Waals surface area (Å²) in [6.07, 6.45) is 0.712. The number of likely N-dealkylation sites (tertiary alicyclic amines) is 1. The van der Waals surface area contributed by atoms with Crippen LogP contribution in [0.1, 0.15) is 74.3 Å². The van der Waals surface area contributed by atoms with Crippen LogP contribution in [0.3, 0.4) is 0 Å². The van der Waals surface area contributed by atoms with Crippen molar-refractivity contribution in [2.75, 3.05) is 25.1 Å². The maximum Gasteiger partial charge on any atom is 0.418 e. The second kappa shape index (κ2) is 11.5. The first-order chi connectivity index (χ1) is 19.8. The van der Waals surface area contributed by atoms with Crippen molar-refractivity contribution in [2.45, 2.75) is 76.2 Å². The van der Waals surface area contributed by atoms with Crippen molar-refractivity contribution in [1.29, 1.82) is 0 Å². The molecule has 1 aromatic carbocycles. The van der Waals surface area contributed by atoms with E-state index in [1.807, 2.05) is 35.9 Å². The Hall–Kier alpha value is -3.67. The number of anilines is 1. The number of piperidine rings is 1. The van der Waals surface area contributed by atoms with E-state index in [4.69, 9.17) is 9.47 Å². The molecule has 2 fully saturated rings. The van der Waals surface area contributed by atoms with Crippen LogP contribution in [-0.2, 0) is 41.1 Å². The van der Waals surface area contributed by atoms with E-state index in [2.05, 4.69) is 20.5 Å². The first-order valence-corrected chi connectivity index (χ1v) is 14.2. The number of ether oxygens (including phenoxy) is 2. The van der Waals surface area contributed by atoms with Gasteiger partial charge in [0.2, 0.25) is 0 Å². The molecular formula is C30H37F3N6O3. The number of aryl methyl sites for hydroxylation is 1. The topological polar surface area (TPSA) is 94.4 Å². The second-order valence-electron chi connectivity index (χ2n) is 12.2. The maximum atomic E-state index is 14.3. The molecule has 2 aromatic heterocycles. The van der Waals surface area contributed by atoms with Gasteiger partial charge in [-0.2, -0.15) is 13.2 Å². The average molecular weight is 587 g/mol. The lowest BCUT2D eigenvalue weighted by molar-refractivity contribution is -0.138. The van der Waals surface area contributed by atoms with Crippen LogP contribution >= 0.6 is 0 Å². The van der Waals surface area contributed by atoms with Crippen molar-refractivity contribution in [1.82, 2.24) is 24.6 Å². The Bertz CT molecular complexity index is 1410. The smallest absolute Gasteiger partial charge is 0.418 e. The Kier molecular flexibility index (Phi) is 8.19. The van der Waals surface area contributed by atoms with E-state index in [0.717, 1.165) is 30.3 Å². The number of nitrogens with zero attached hydrogens (tertiary/aromatic N) is 5. The standard InChI is InChI=1S/C30H37F3N6O3/c1-28(2,3)42-27(40)39-11-6-5-10-25(39)20-12-23(30(31,32)33)24(35-15-20)16-34-22-9-7-8-21(13-22)29(17-41-18-29)14-26-37-36-19-38(26)4/h7-9,12-13,15,19,25,34H,5-6,10-11,14,16-18H2,1-4H3. The third-order valence-electron chi connectivity index (χ3n) is 7.81. The molecule has 4 heterocycles. The number of nitrogens with one attached hydrogen (secondary N) is 1. The van der Waals surface area contributed by atoms with Crippen LogP contribution in [-0.4, -0.2) is 56.1 Å². The fourth-order valence-corrected chi connectivity index (χ4v) is 5.53. The third kappa shape index (κ3) is 6.53. The molecule has 9 nitrogen and oxygen atoms in total. The van der Waals surface area contributed by atoms with Gasteiger partial charge in [0.1, 0.15) is 17.8 Å². The highest BCUT2D eigenvalue weighted by atomic mass is 19.4. The minimum atomic E-state index is -4.61. The van der Waals surface area contributed by atoms with Crippen LogP contribution < -0.4 is 5.32 Å². The van der Waals surface area contributed by atoms with Gasteiger partial charge in [0, 0.05) is 37.3 Å². The third-order valence-corrected chi connectivity index (χ3v) is 7.81. The van der Waals surface area contributed by atoms with E-state index in [9.17, 15) is 18.0 Å². The Balaban J connectivity index is 1.35. The molecule has 3 aromatic rings. The van der Waals surface area contributed by atoms with Gasteiger partial charge in [0.05, 0.1) is 37.1 Å². The van der Waals surface area contributed by atoms with Crippen LogP contribution in [0.15, 0.2) is 42.9 Å². The zero-order valence-corrected chi connectivity index (χ0v) is 24.4. The molecule has 2 saturated heterocycles. The summed E-state index contributed by atoms with van der Waals surface area (Å²) in [7, 11) is 1.89. The Morgan fingerprint density at radius 1 is 1.19 bits per heavy atom. The highest BCUT2D eigenvalue weighted by Gasteiger charge is 2.42. The van der Waals surface area contributed by atoms with Gasteiger partial charge in [-0.3, -0.25) is 4.98 Å². The zero-order valence-electron chi connectivity index (χ0n) is 24.4. The van der Waals surface area contributed by atoms with Crippen molar-refractivity contribution in [3.63, 3.8) is 0 Å². The summed E-state index contributed by atoms with van der Waals surface area (Å²) in [6, 6.07) is 8.25. The van der Waals surface area contributed by atoms with Crippen LogP contribution in [0.4, 0.5) is 23.7 Å². The monoisotopic (exact) mass is 586 g/mol. The Labute approximate surface area is 243 Å². The molecule has 1 unspecified atom stereocenters. The number of carbonyl (C=O) groups is 1. The van der Waals surface area contributed by atoms with E-state index in [0.29, 0.717) is 43.9 Å². The summed E-state index contributed by atoms with van der Waals surface area (Å²) in [4.78, 5) is 18.7. The van der Waals surface area contributed by atoms with E-state index in [-0.39, 0.29) is 17.7 Å². The number of hydrogen-bond donors (Lipinski definition) is 1. The number of halogens is 3. The minimum Gasteiger partial charge on any atom is -0.444 e. The van der Waals surface area contributed by atoms with E-state index in [1.165, 1.54) is 11.1 Å². The molecule has 1 amide bonds. The van der Waals surface area contributed by atoms with Crippen LogP contribution in [0.2, 0.25) is 0 Å². The van der Waals surface area contributed by atoms with E-state index in [1.54, 1.807) is 27.1 Å². The summed E-state index contributed by atoms with van der Waals surface area (Å²) in [5.41, 5.74) is 0.132. The first-order valence-electron chi connectivity index (χ1n) is 14.2. The molecule has 0 spiro atoms. The molecule has 12 heteroatoms. The molecular weight excluding hydrogens is 549 g/mol. The van der Waals surface area contributed by atoms with Gasteiger partial charge in [-0.15, -0.1) is 10.2 Å².